The molecule has 0 saturated carbocycles. The smallest absolute Gasteiger partial charge is 0.414 e. The number of carbonyl (C=O) groups is 2. The molecule has 0 spiro atoms. The molecule has 0 unspecified atom stereocenters. The molecule has 0 saturated heterocycles. The van der Waals surface area contributed by atoms with Gasteiger partial charge in [0.2, 0.25) is 0 Å². The van der Waals surface area contributed by atoms with Gasteiger partial charge in [-0.25, -0.2) is 9.59 Å². The number of carboxylic acid groups (broad SMARTS) is 2. The second-order valence-electron chi connectivity index (χ2n) is 7.88. The summed E-state index contributed by atoms with van der Waals surface area (Å²) in [5.74, 6) is -3.65. The minimum Gasteiger partial charge on any atom is -0.473 e. The third-order valence-corrected chi connectivity index (χ3v) is 7.71. The molecule has 2 N–H and O–H groups in total. The molecule has 0 radical (unpaired) electrons. The second-order valence-corrected chi connectivity index (χ2v) is 10.0. The van der Waals surface area contributed by atoms with Crippen LogP contribution in [0.15, 0.2) is 117 Å². The molecule has 0 atom stereocenters. The van der Waals surface area contributed by atoms with Crippen LogP contribution in [0.1, 0.15) is 22.3 Å². The molecule has 0 fully saturated rings. The highest BCUT2D eigenvalue weighted by molar-refractivity contribution is 7.99. The molecule has 4 rings (SSSR count). The fourth-order valence-corrected chi connectivity index (χ4v) is 4.90. The Morgan fingerprint density at radius 3 is 0.806 bits per heavy atom. The first-order valence-corrected chi connectivity index (χ1v) is 12.9. The number of hydrogen-bond donors (Lipinski definition) is 2. The second kappa shape index (κ2) is 14.8. The Bertz CT molecular complexity index is 1110. The Morgan fingerprint density at radius 2 is 0.639 bits per heavy atom. The Kier molecular flexibility index (Phi) is 11.8. The number of benzene rings is 4. The maximum Gasteiger partial charge on any atom is 0.414 e. The lowest BCUT2D eigenvalue weighted by Crippen LogP contribution is -2.09. The molecular weight excluding hydrogens is 488 g/mol. The van der Waals surface area contributed by atoms with Crippen LogP contribution in [0.2, 0.25) is 0 Å². The maximum absolute atomic E-state index is 9.10. The highest BCUT2D eigenvalue weighted by Crippen LogP contribution is 2.32. The van der Waals surface area contributed by atoms with Crippen molar-refractivity contribution in [1.82, 2.24) is 0 Å². The largest absolute Gasteiger partial charge is 0.473 e. The van der Waals surface area contributed by atoms with Gasteiger partial charge in [-0.05, 0) is 74.2 Å². The van der Waals surface area contributed by atoms with E-state index in [-0.39, 0.29) is 0 Å². The van der Waals surface area contributed by atoms with Gasteiger partial charge in [0.15, 0.2) is 0 Å². The predicted octanol–water partition coefficient (Wildman–Crippen LogP) is 8.06. The molecule has 0 aliphatic carbocycles. The summed E-state index contributed by atoms with van der Waals surface area (Å²) in [7, 11) is 0. The molecule has 36 heavy (non-hydrogen) atoms. The van der Waals surface area contributed by atoms with Crippen molar-refractivity contribution >= 4 is 35.5 Å². The Labute approximate surface area is 221 Å². The molecular formula is C30H30O4S2. The minimum absolute atomic E-state index is 1.34. The van der Waals surface area contributed by atoms with E-state index >= 15 is 0 Å². The SMILES string of the molecule is Cc1ccccc1Sc1ccccc1C.Cc1ccccc1Sc1ccccc1C.O=C(O)C(=O)O. The van der Waals surface area contributed by atoms with E-state index in [9.17, 15) is 0 Å². The first-order chi connectivity index (χ1) is 17.2. The van der Waals surface area contributed by atoms with Gasteiger partial charge in [-0.2, -0.15) is 0 Å². The normalized spacial score (nSPS) is 9.78. The van der Waals surface area contributed by atoms with Gasteiger partial charge in [-0.3, -0.25) is 0 Å². The van der Waals surface area contributed by atoms with Crippen LogP contribution < -0.4 is 0 Å². The third-order valence-electron chi connectivity index (χ3n) is 5.00. The highest BCUT2D eigenvalue weighted by Gasteiger charge is 2.04. The molecule has 186 valence electrons. The van der Waals surface area contributed by atoms with Gasteiger partial charge < -0.3 is 10.2 Å². The van der Waals surface area contributed by atoms with Gasteiger partial charge in [0.1, 0.15) is 0 Å². The zero-order chi connectivity index (χ0) is 26.5. The Morgan fingerprint density at radius 1 is 0.444 bits per heavy atom. The van der Waals surface area contributed by atoms with Gasteiger partial charge in [0.05, 0.1) is 0 Å². The molecule has 4 aromatic carbocycles. The summed E-state index contributed by atoms with van der Waals surface area (Å²) < 4.78 is 0. The quantitative estimate of drug-likeness (QED) is 0.266. The van der Waals surface area contributed by atoms with Crippen molar-refractivity contribution in [1.29, 1.82) is 0 Å². The molecule has 4 aromatic rings. The predicted molar refractivity (Wildman–Crippen MR) is 148 cm³/mol. The van der Waals surface area contributed by atoms with Crippen LogP contribution in [-0.2, 0) is 9.59 Å². The van der Waals surface area contributed by atoms with E-state index in [0.29, 0.717) is 0 Å². The van der Waals surface area contributed by atoms with Gasteiger partial charge in [-0.1, -0.05) is 96.3 Å². The van der Waals surface area contributed by atoms with Crippen molar-refractivity contribution in [2.75, 3.05) is 0 Å². The van der Waals surface area contributed by atoms with Crippen molar-refractivity contribution in [3.63, 3.8) is 0 Å². The first-order valence-electron chi connectivity index (χ1n) is 11.2. The van der Waals surface area contributed by atoms with E-state index in [1.807, 2.05) is 23.5 Å². The monoisotopic (exact) mass is 518 g/mol. The number of rotatable bonds is 4. The van der Waals surface area contributed by atoms with Crippen LogP contribution in [0, 0.1) is 27.7 Å². The zero-order valence-corrected chi connectivity index (χ0v) is 22.4. The van der Waals surface area contributed by atoms with Crippen LogP contribution in [-0.4, -0.2) is 22.2 Å². The van der Waals surface area contributed by atoms with Crippen LogP contribution in [0.5, 0.6) is 0 Å². The van der Waals surface area contributed by atoms with E-state index in [2.05, 4.69) is 125 Å². The molecule has 0 heterocycles. The van der Waals surface area contributed by atoms with Gasteiger partial charge in [-0.15, -0.1) is 0 Å². The fourth-order valence-electron chi connectivity index (χ4n) is 2.92. The Hall–Kier alpha value is -3.48. The number of hydrogen-bond acceptors (Lipinski definition) is 4. The maximum atomic E-state index is 9.10. The molecule has 0 aromatic heterocycles. The minimum atomic E-state index is -1.82. The molecule has 0 aliphatic heterocycles. The fraction of sp³-hybridized carbons (Fsp3) is 0.133. The van der Waals surface area contributed by atoms with Gasteiger partial charge >= 0.3 is 11.9 Å². The van der Waals surface area contributed by atoms with E-state index in [1.165, 1.54) is 41.8 Å². The topological polar surface area (TPSA) is 74.6 Å². The van der Waals surface area contributed by atoms with E-state index in [0.717, 1.165) is 0 Å². The average molecular weight is 519 g/mol. The lowest BCUT2D eigenvalue weighted by molar-refractivity contribution is -0.159. The first kappa shape index (κ1) is 28.8. The van der Waals surface area contributed by atoms with Gasteiger partial charge in [0, 0.05) is 19.6 Å². The van der Waals surface area contributed by atoms with Crippen molar-refractivity contribution < 1.29 is 19.8 Å². The summed E-state index contributed by atoms with van der Waals surface area (Å²) in [5.41, 5.74) is 5.35. The van der Waals surface area contributed by atoms with E-state index in [1.54, 1.807) is 0 Å². The Balaban J connectivity index is 0.000000208. The lowest BCUT2D eigenvalue weighted by Gasteiger charge is -2.07. The van der Waals surface area contributed by atoms with Crippen LogP contribution >= 0.6 is 23.5 Å². The third kappa shape index (κ3) is 9.64. The number of aryl methyl sites for hydroxylation is 4. The summed E-state index contributed by atoms with van der Waals surface area (Å²) in [4.78, 5) is 23.6. The average Bonchev–Trinajstić information content (AvgIpc) is 2.85. The van der Waals surface area contributed by atoms with Crippen molar-refractivity contribution in [3.8, 4) is 0 Å². The van der Waals surface area contributed by atoms with E-state index < -0.39 is 11.9 Å². The standard InChI is InChI=1S/2C14H14S.C2H2O4/c2*1-11-7-3-5-9-13(11)15-14-10-6-4-8-12(14)2;3-1(4)2(5)6/h2*3-10H,1-2H3;(H,3,4)(H,5,6). The zero-order valence-electron chi connectivity index (χ0n) is 20.8. The van der Waals surface area contributed by atoms with Crippen molar-refractivity contribution in [3.05, 3.63) is 119 Å². The molecule has 0 bridgehead atoms. The van der Waals surface area contributed by atoms with Crippen LogP contribution in [0.4, 0.5) is 0 Å². The van der Waals surface area contributed by atoms with Crippen LogP contribution in [0.25, 0.3) is 0 Å². The van der Waals surface area contributed by atoms with E-state index in [4.69, 9.17) is 19.8 Å². The highest BCUT2D eigenvalue weighted by atomic mass is 32.2. The molecule has 0 aliphatic rings. The van der Waals surface area contributed by atoms with Crippen molar-refractivity contribution in [2.45, 2.75) is 47.3 Å². The summed E-state index contributed by atoms with van der Waals surface area (Å²) in [6, 6.07) is 34.0. The summed E-state index contributed by atoms with van der Waals surface area (Å²) in [5, 5.41) is 14.8. The molecule has 4 nitrogen and oxygen atoms in total. The summed E-state index contributed by atoms with van der Waals surface area (Å²) in [6.45, 7) is 8.61. The summed E-state index contributed by atoms with van der Waals surface area (Å²) in [6.07, 6.45) is 0. The van der Waals surface area contributed by atoms with Crippen LogP contribution in [0.3, 0.4) is 0 Å². The molecule has 0 amide bonds. The van der Waals surface area contributed by atoms with Gasteiger partial charge in [0.25, 0.3) is 0 Å². The number of carboxylic acids is 2. The number of aliphatic carboxylic acids is 2. The molecule has 6 heteroatoms. The summed E-state index contributed by atoms with van der Waals surface area (Å²) >= 11 is 3.68. The lowest BCUT2D eigenvalue weighted by atomic mass is 10.2. The van der Waals surface area contributed by atoms with Crippen molar-refractivity contribution in [2.24, 2.45) is 0 Å².